The van der Waals surface area contributed by atoms with E-state index in [-0.39, 0.29) is 19.4 Å². The molecule has 1 aliphatic carbocycles. The summed E-state index contributed by atoms with van der Waals surface area (Å²) in [5.41, 5.74) is 4.37. The van der Waals surface area contributed by atoms with Gasteiger partial charge in [-0.05, 0) is 20.8 Å². The van der Waals surface area contributed by atoms with Crippen LogP contribution < -0.4 is 11.1 Å². The highest BCUT2D eigenvalue weighted by Crippen LogP contribution is 2.34. The number of hydrogen-bond donors (Lipinski definition) is 2. The molecule has 0 radical (unpaired) electrons. The summed E-state index contributed by atoms with van der Waals surface area (Å²) in [6.07, 6.45) is -0.825. The van der Waals surface area contributed by atoms with Gasteiger partial charge in [0.2, 0.25) is 0 Å². The van der Waals surface area contributed by atoms with E-state index >= 15 is 0 Å². The molecule has 0 bridgehead atoms. The number of alkyl carbamates (subject to hydrolysis) is 1. The number of nitrogens with one attached hydrogen (secondary N) is 1. The summed E-state index contributed by atoms with van der Waals surface area (Å²) in [4.78, 5) is 11.4. The molecule has 1 saturated carbocycles. The second kappa shape index (κ2) is 3.96. The third-order valence-corrected chi connectivity index (χ3v) is 2.38. The number of hydrogen-bond acceptors (Lipinski definition) is 3. The van der Waals surface area contributed by atoms with Gasteiger partial charge in [0.25, 0.3) is 0 Å². The summed E-state index contributed by atoms with van der Waals surface area (Å²) in [5.74, 6) is 0. The Balaban J connectivity index is 2.44. The Bertz CT molecular complexity index is 244. The van der Waals surface area contributed by atoms with Crippen molar-refractivity contribution in [1.29, 1.82) is 0 Å². The molecular formula is C10H19FN2O2. The van der Waals surface area contributed by atoms with Crippen molar-refractivity contribution in [2.24, 2.45) is 5.73 Å². The molecular weight excluding hydrogens is 199 g/mol. The Hall–Kier alpha value is -0.840. The van der Waals surface area contributed by atoms with Crippen LogP contribution in [0.4, 0.5) is 9.18 Å². The van der Waals surface area contributed by atoms with Gasteiger partial charge in [-0.1, -0.05) is 0 Å². The first-order valence-corrected chi connectivity index (χ1v) is 5.12. The first kappa shape index (κ1) is 12.2. The molecule has 0 saturated heterocycles. The quantitative estimate of drug-likeness (QED) is 0.735. The molecule has 0 aromatic heterocycles. The maximum atomic E-state index is 12.7. The molecule has 1 rings (SSSR count). The Morgan fingerprint density at radius 3 is 2.47 bits per heavy atom. The van der Waals surface area contributed by atoms with E-state index in [9.17, 15) is 9.18 Å². The summed E-state index contributed by atoms with van der Waals surface area (Å²) in [7, 11) is 0. The first-order chi connectivity index (χ1) is 6.76. The van der Waals surface area contributed by atoms with Gasteiger partial charge in [-0.3, -0.25) is 0 Å². The fraction of sp³-hybridized carbons (Fsp3) is 0.900. The molecule has 1 fully saturated rings. The number of rotatable bonds is 2. The monoisotopic (exact) mass is 218 g/mol. The molecule has 0 atom stereocenters. The number of ether oxygens (including phenoxy) is 1. The van der Waals surface area contributed by atoms with Gasteiger partial charge in [-0.15, -0.1) is 0 Å². The van der Waals surface area contributed by atoms with Gasteiger partial charge in [0, 0.05) is 19.4 Å². The van der Waals surface area contributed by atoms with Crippen LogP contribution in [-0.4, -0.2) is 29.9 Å². The SMILES string of the molecule is CC(C)(C)OC(=O)NC1(CN)CC(F)C1. The average Bonchev–Trinajstić information content (AvgIpc) is 1.97. The summed E-state index contributed by atoms with van der Waals surface area (Å²) in [6.45, 7) is 5.58. The van der Waals surface area contributed by atoms with Crippen molar-refractivity contribution < 1.29 is 13.9 Å². The smallest absolute Gasteiger partial charge is 0.408 e. The number of nitrogens with two attached hydrogens (primary N) is 1. The molecule has 5 heteroatoms. The van der Waals surface area contributed by atoms with Crippen LogP contribution in [0.25, 0.3) is 0 Å². The standard InChI is InChI=1S/C10H19FN2O2/c1-9(2,3)15-8(14)13-10(6-12)4-7(11)5-10/h7H,4-6,12H2,1-3H3,(H,13,14). The van der Waals surface area contributed by atoms with Crippen LogP contribution in [0.1, 0.15) is 33.6 Å². The predicted octanol–water partition coefficient (Wildman–Crippen LogP) is 1.34. The highest BCUT2D eigenvalue weighted by molar-refractivity contribution is 5.69. The van der Waals surface area contributed by atoms with Crippen LogP contribution >= 0.6 is 0 Å². The van der Waals surface area contributed by atoms with Crippen LogP contribution in [-0.2, 0) is 4.74 Å². The van der Waals surface area contributed by atoms with Crippen molar-refractivity contribution in [3.63, 3.8) is 0 Å². The van der Waals surface area contributed by atoms with E-state index in [0.717, 1.165) is 0 Å². The lowest BCUT2D eigenvalue weighted by molar-refractivity contribution is 0.0241. The zero-order chi connectivity index (χ0) is 11.7. The zero-order valence-corrected chi connectivity index (χ0v) is 9.47. The maximum absolute atomic E-state index is 12.7. The molecule has 88 valence electrons. The van der Waals surface area contributed by atoms with Crippen LogP contribution in [0, 0.1) is 0 Å². The van der Waals surface area contributed by atoms with Crippen molar-refractivity contribution in [3.05, 3.63) is 0 Å². The minimum atomic E-state index is -0.858. The van der Waals surface area contributed by atoms with Gasteiger partial charge in [-0.25, -0.2) is 9.18 Å². The van der Waals surface area contributed by atoms with E-state index in [0.29, 0.717) is 0 Å². The summed E-state index contributed by atoms with van der Waals surface area (Å²) in [6, 6.07) is 0. The Morgan fingerprint density at radius 1 is 1.60 bits per heavy atom. The number of halogens is 1. The molecule has 15 heavy (non-hydrogen) atoms. The third-order valence-electron chi connectivity index (χ3n) is 2.38. The second-order valence-corrected chi connectivity index (χ2v) is 5.12. The minimum absolute atomic E-state index is 0.243. The molecule has 0 heterocycles. The van der Waals surface area contributed by atoms with E-state index in [1.165, 1.54) is 0 Å². The molecule has 0 aromatic carbocycles. The van der Waals surface area contributed by atoms with Gasteiger partial charge in [-0.2, -0.15) is 0 Å². The van der Waals surface area contributed by atoms with Crippen molar-refractivity contribution >= 4 is 6.09 Å². The lowest BCUT2D eigenvalue weighted by atomic mass is 9.75. The lowest BCUT2D eigenvalue weighted by Crippen LogP contribution is -2.63. The Labute approximate surface area is 89.3 Å². The maximum Gasteiger partial charge on any atom is 0.408 e. The average molecular weight is 218 g/mol. The lowest BCUT2D eigenvalue weighted by Gasteiger charge is -2.43. The highest BCUT2D eigenvalue weighted by atomic mass is 19.1. The molecule has 0 aromatic rings. The zero-order valence-electron chi connectivity index (χ0n) is 9.47. The number of amides is 1. The Morgan fingerprint density at radius 2 is 2.13 bits per heavy atom. The van der Waals surface area contributed by atoms with Crippen molar-refractivity contribution in [1.82, 2.24) is 5.32 Å². The predicted molar refractivity (Wildman–Crippen MR) is 55.3 cm³/mol. The highest BCUT2D eigenvalue weighted by Gasteiger charge is 2.45. The fourth-order valence-electron chi connectivity index (χ4n) is 1.63. The fourth-order valence-corrected chi connectivity index (χ4v) is 1.63. The van der Waals surface area contributed by atoms with E-state index in [1.54, 1.807) is 20.8 Å². The number of carbonyl (C=O) groups excluding carboxylic acids is 1. The molecule has 4 nitrogen and oxygen atoms in total. The normalized spacial score (nSPS) is 30.6. The van der Waals surface area contributed by atoms with Crippen molar-refractivity contribution in [2.75, 3.05) is 6.54 Å². The second-order valence-electron chi connectivity index (χ2n) is 5.12. The van der Waals surface area contributed by atoms with E-state index < -0.39 is 23.4 Å². The van der Waals surface area contributed by atoms with Crippen LogP contribution in [0.2, 0.25) is 0 Å². The van der Waals surface area contributed by atoms with Crippen molar-refractivity contribution in [3.8, 4) is 0 Å². The van der Waals surface area contributed by atoms with Gasteiger partial charge < -0.3 is 15.8 Å². The van der Waals surface area contributed by atoms with Crippen LogP contribution in [0.15, 0.2) is 0 Å². The minimum Gasteiger partial charge on any atom is -0.444 e. The van der Waals surface area contributed by atoms with Gasteiger partial charge >= 0.3 is 6.09 Å². The Kier molecular flexibility index (Phi) is 3.23. The molecule has 0 aliphatic heterocycles. The van der Waals surface area contributed by atoms with Gasteiger partial charge in [0.15, 0.2) is 0 Å². The third kappa shape index (κ3) is 3.34. The molecule has 3 N–H and O–H groups in total. The summed E-state index contributed by atoms with van der Waals surface area (Å²) in [5, 5.41) is 2.64. The first-order valence-electron chi connectivity index (χ1n) is 5.12. The van der Waals surface area contributed by atoms with E-state index in [1.807, 2.05) is 0 Å². The van der Waals surface area contributed by atoms with Gasteiger partial charge in [0.1, 0.15) is 11.8 Å². The summed E-state index contributed by atoms with van der Waals surface area (Å²) < 4.78 is 17.8. The van der Waals surface area contributed by atoms with Crippen LogP contribution in [0.5, 0.6) is 0 Å². The molecule has 0 spiro atoms. The molecule has 0 unspecified atom stereocenters. The van der Waals surface area contributed by atoms with E-state index in [2.05, 4.69) is 5.32 Å². The van der Waals surface area contributed by atoms with Crippen LogP contribution in [0.3, 0.4) is 0 Å². The largest absolute Gasteiger partial charge is 0.444 e. The topological polar surface area (TPSA) is 64.3 Å². The molecule has 1 amide bonds. The number of alkyl halides is 1. The van der Waals surface area contributed by atoms with Crippen molar-refractivity contribution in [2.45, 2.75) is 50.9 Å². The number of carbonyl (C=O) groups is 1. The summed E-state index contributed by atoms with van der Waals surface area (Å²) >= 11 is 0. The van der Waals surface area contributed by atoms with E-state index in [4.69, 9.17) is 10.5 Å². The molecule has 1 aliphatic rings. The van der Waals surface area contributed by atoms with Gasteiger partial charge in [0.05, 0.1) is 5.54 Å².